The lowest BCUT2D eigenvalue weighted by Crippen LogP contribution is -2.40. The number of nitrogens with zero attached hydrogens (tertiary/aromatic N) is 1. The maximum Gasteiger partial charge on any atom is 0.232 e. The number of hydrogen-bond donors (Lipinski definition) is 0. The molecule has 6 heteroatoms. The third-order valence-corrected chi connectivity index (χ3v) is 5.40. The van der Waals surface area contributed by atoms with Crippen molar-refractivity contribution < 1.29 is 18.4 Å². The Bertz CT molecular complexity index is 969. The van der Waals surface area contributed by atoms with E-state index in [2.05, 4.69) is 0 Å². The van der Waals surface area contributed by atoms with Crippen LogP contribution in [0.25, 0.3) is 0 Å². The van der Waals surface area contributed by atoms with Gasteiger partial charge in [-0.25, -0.2) is 8.78 Å². The standard InChI is InChI=1S/C21H16ClF2NO2/c22-16-10-14(8-9-17(16)24)25-18-2-1-3-19(26)21(18)15(11-20(25)27)12-4-6-13(23)7-5-12/h4-10,15H,1-3,11H2. The van der Waals surface area contributed by atoms with Crippen LogP contribution in [0.4, 0.5) is 14.5 Å². The van der Waals surface area contributed by atoms with Crippen LogP contribution >= 0.6 is 11.6 Å². The molecule has 1 aliphatic heterocycles. The summed E-state index contributed by atoms with van der Waals surface area (Å²) >= 11 is 5.89. The van der Waals surface area contributed by atoms with Crippen LogP contribution in [0.15, 0.2) is 53.7 Å². The first-order chi connectivity index (χ1) is 13.0. The molecule has 138 valence electrons. The molecular weight excluding hydrogens is 372 g/mol. The van der Waals surface area contributed by atoms with E-state index in [1.807, 2.05) is 0 Å². The van der Waals surface area contributed by atoms with Gasteiger partial charge in [0, 0.05) is 30.0 Å². The summed E-state index contributed by atoms with van der Waals surface area (Å²) in [4.78, 5) is 27.2. The Morgan fingerprint density at radius 1 is 1.00 bits per heavy atom. The molecule has 2 aromatic carbocycles. The molecule has 0 radical (unpaired) electrons. The Kier molecular flexibility index (Phi) is 4.56. The molecule has 0 saturated carbocycles. The minimum atomic E-state index is -0.567. The van der Waals surface area contributed by atoms with Gasteiger partial charge in [0.1, 0.15) is 11.6 Å². The average Bonchev–Trinajstić information content (AvgIpc) is 2.64. The van der Waals surface area contributed by atoms with Gasteiger partial charge < -0.3 is 0 Å². The number of allylic oxidation sites excluding steroid dienone is 2. The molecule has 1 heterocycles. The van der Waals surface area contributed by atoms with Gasteiger partial charge >= 0.3 is 0 Å². The zero-order valence-corrected chi connectivity index (χ0v) is 15.1. The summed E-state index contributed by atoms with van der Waals surface area (Å²) in [6, 6.07) is 9.99. The molecule has 27 heavy (non-hydrogen) atoms. The molecule has 0 N–H and O–H groups in total. The van der Waals surface area contributed by atoms with E-state index in [9.17, 15) is 18.4 Å². The summed E-state index contributed by atoms with van der Waals surface area (Å²) in [5, 5.41) is -0.0785. The molecule has 1 unspecified atom stereocenters. The highest BCUT2D eigenvalue weighted by atomic mass is 35.5. The number of ketones is 1. The maximum atomic E-state index is 13.5. The van der Waals surface area contributed by atoms with Gasteiger partial charge in [0.25, 0.3) is 0 Å². The van der Waals surface area contributed by atoms with Crippen LogP contribution in [0.5, 0.6) is 0 Å². The minimum Gasteiger partial charge on any atom is -0.294 e. The molecule has 0 saturated heterocycles. The topological polar surface area (TPSA) is 37.4 Å². The van der Waals surface area contributed by atoms with E-state index in [4.69, 9.17) is 11.6 Å². The Labute approximate surface area is 160 Å². The number of benzene rings is 2. The molecular formula is C21H16ClF2NO2. The van der Waals surface area contributed by atoms with Crippen LogP contribution in [0, 0.1) is 11.6 Å². The second-order valence-corrected chi connectivity index (χ2v) is 7.18. The van der Waals surface area contributed by atoms with Gasteiger partial charge in [-0.1, -0.05) is 23.7 Å². The predicted octanol–water partition coefficient (Wildman–Crippen LogP) is 5.15. The first-order valence-electron chi connectivity index (χ1n) is 8.75. The highest BCUT2D eigenvalue weighted by Gasteiger charge is 2.39. The van der Waals surface area contributed by atoms with Gasteiger partial charge in [-0.05, 0) is 48.7 Å². The smallest absolute Gasteiger partial charge is 0.232 e. The summed E-state index contributed by atoms with van der Waals surface area (Å²) in [5.74, 6) is -1.53. The Balaban J connectivity index is 1.85. The van der Waals surface area contributed by atoms with E-state index >= 15 is 0 Å². The summed E-state index contributed by atoms with van der Waals surface area (Å²) < 4.78 is 26.8. The molecule has 3 nitrogen and oxygen atoms in total. The lowest BCUT2D eigenvalue weighted by Gasteiger charge is -2.38. The molecule has 1 atom stereocenters. The van der Waals surface area contributed by atoms with E-state index in [-0.39, 0.29) is 29.0 Å². The van der Waals surface area contributed by atoms with E-state index in [0.29, 0.717) is 36.2 Å². The fourth-order valence-electron chi connectivity index (χ4n) is 3.90. The number of hydrogen-bond acceptors (Lipinski definition) is 2. The fourth-order valence-corrected chi connectivity index (χ4v) is 4.07. The van der Waals surface area contributed by atoms with Crippen LogP contribution < -0.4 is 4.90 Å². The summed E-state index contributed by atoms with van der Waals surface area (Å²) in [5.41, 5.74) is 2.42. The normalized spacial score (nSPS) is 20.1. The van der Waals surface area contributed by atoms with Crippen LogP contribution in [0.3, 0.4) is 0 Å². The molecule has 0 fully saturated rings. The number of amides is 1. The first-order valence-corrected chi connectivity index (χ1v) is 9.13. The molecule has 0 aromatic heterocycles. The molecule has 1 aliphatic carbocycles. The monoisotopic (exact) mass is 387 g/mol. The van der Waals surface area contributed by atoms with Crippen molar-refractivity contribution in [2.75, 3.05) is 4.90 Å². The van der Waals surface area contributed by atoms with E-state index in [1.165, 1.54) is 35.2 Å². The zero-order valence-electron chi connectivity index (χ0n) is 14.3. The molecule has 4 rings (SSSR count). The van der Waals surface area contributed by atoms with Gasteiger partial charge in [-0.15, -0.1) is 0 Å². The SMILES string of the molecule is O=C1CCCC2=C1C(c1ccc(F)cc1)CC(=O)N2c1ccc(F)c(Cl)c1. The van der Waals surface area contributed by atoms with Crippen molar-refractivity contribution in [1.29, 1.82) is 0 Å². The van der Waals surface area contributed by atoms with E-state index < -0.39 is 11.7 Å². The van der Waals surface area contributed by atoms with Crippen LogP contribution in [-0.2, 0) is 9.59 Å². The minimum absolute atomic E-state index is 0.00344. The van der Waals surface area contributed by atoms with Gasteiger partial charge in [0.15, 0.2) is 5.78 Å². The lowest BCUT2D eigenvalue weighted by atomic mass is 9.77. The Morgan fingerprint density at radius 2 is 1.74 bits per heavy atom. The number of carbonyl (C=O) groups excluding carboxylic acids is 2. The van der Waals surface area contributed by atoms with Crippen LogP contribution in [-0.4, -0.2) is 11.7 Å². The predicted molar refractivity (Wildman–Crippen MR) is 98.5 cm³/mol. The largest absolute Gasteiger partial charge is 0.294 e. The highest BCUT2D eigenvalue weighted by Crippen LogP contribution is 2.43. The first kappa shape index (κ1) is 17.9. The van der Waals surface area contributed by atoms with Crippen molar-refractivity contribution in [2.24, 2.45) is 0 Å². The van der Waals surface area contributed by atoms with E-state index in [1.54, 1.807) is 12.1 Å². The number of carbonyl (C=O) groups is 2. The van der Waals surface area contributed by atoms with Crippen LogP contribution in [0.1, 0.15) is 37.2 Å². The van der Waals surface area contributed by atoms with Crippen LogP contribution in [0.2, 0.25) is 5.02 Å². The van der Waals surface area contributed by atoms with Gasteiger partial charge in [0.2, 0.25) is 5.91 Å². The average molecular weight is 388 g/mol. The summed E-state index contributed by atoms with van der Waals surface area (Å²) in [7, 11) is 0. The van der Waals surface area contributed by atoms with Gasteiger partial charge in [-0.3, -0.25) is 14.5 Å². The third-order valence-electron chi connectivity index (χ3n) is 5.11. The second-order valence-electron chi connectivity index (χ2n) is 6.77. The van der Waals surface area contributed by atoms with Crippen molar-refractivity contribution in [3.63, 3.8) is 0 Å². The molecule has 2 aliphatic rings. The number of Topliss-reactive ketones (excluding diaryl/α,β-unsaturated/α-hetero) is 1. The summed E-state index contributed by atoms with van der Waals surface area (Å²) in [6.07, 6.45) is 1.72. The fraction of sp³-hybridized carbons (Fsp3) is 0.238. The number of rotatable bonds is 2. The van der Waals surface area contributed by atoms with Crippen molar-refractivity contribution in [2.45, 2.75) is 31.6 Å². The van der Waals surface area contributed by atoms with Crippen molar-refractivity contribution >= 4 is 29.0 Å². The summed E-state index contributed by atoms with van der Waals surface area (Å²) in [6.45, 7) is 0. The number of halogens is 3. The van der Waals surface area contributed by atoms with Crippen molar-refractivity contribution in [1.82, 2.24) is 0 Å². The third kappa shape index (κ3) is 3.16. The van der Waals surface area contributed by atoms with Crippen molar-refractivity contribution in [3.05, 3.63) is 76.0 Å². The van der Waals surface area contributed by atoms with E-state index in [0.717, 1.165) is 5.56 Å². The molecule has 0 bridgehead atoms. The van der Waals surface area contributed by atoms with Gasteiger partial charge in [-0.2, -0.15) is 0 Å². The quantitative estimate of drug-likeness (QED) is 0.715. The zero-order chi connectivity index (χ0) is 19.1. The molecule has 2 aromatic rings. The van der Waals surface area contributed by atoms with Gasteiger partial charge in [0.05, 0.1) is 10.7 Å². The molecule has 1 amide bonds. The molecule has 0 spiro atoms. The maximum absolute atomic E-state index is 13.5. The Morgan fingerprint density at radius 3 is 2.44 bits per heavy atom. The second kappa shape index (κ2) is 6.89. The van der Waals surface area contributed by atoms with Crippen molar-refractivity contribution in [3.8, 4) is 0 Å². The number of anilines is 1. The highest BCUT2D eigenvalue weighted by molar-refractivity contribution is 6.31. The Hall–Kier alpha value is -2.53. The lowest BCUT2D eigenvalue weighted by molar-refractivity contribution is -0.119.